The lowest BCUT2D eigenvalue weighted by atomic mass is 10.1. The van der Waals surface area contributed by atoms with E-state index in [0.717, 1.165) is 43.8 Å². The fraction of sp³-hybridized carbons (Fsp3) is 0.0769. The molecule has 0 spiro atoms. The number of thioether (sulfide) groups is 1. The van der Waals surface area contributed by atoms with Crippen LogP contribution in [0.2, 0.25) is 10.0 Å². The van der Waals surface area contributed by atoms with E-state index < -0.39 is 0 Å². The van der Waals surface area contributed by atoms with Crippen LogP contribution in [0.4, 0.5) is 4.79 Å². The molecule has 1 aliphatic rings. The van der Waals surface area contributed by atoms with Gasteiger partial charge in [-0.05, 0) is 53.2 Å². The van der Waals surface area contributed by atoms with Gasteiger partial charge in [-0.25, -0.2) is 0 Å². The van der Waals surface area contributed by atoms with Gasteiger partial charge in [-0.2, -0.15) is 0 Å². The maximum absolute atomic E-state index is 13.1. The van der Waals surface area contributed by atoms with E-state index >= 15 is 0 Å². The summed E-state index contributed by atoms with van der Waals surface area (Å²) in [6, 6.07) is 21.0. The summed E-state index contributed by atoms with van der Waals surface area (Å²) in [7, 11) is 0. The molecule has 4 aromatic rings. The van der Waals surface area contributed by atoms with Gasteiger partial charge >= 0.3 is 0 Å². The van der Waals surface area contributed by atoms with Gasteiger partial charge < -0.3 is 4.57 Å². The molecule has 0 atom stereocenters. The average molecular weight is 572 g/mol. The number of aromatic nitrogens is 1. The van der Waals surface area contributed by atoms with Crippen LogP contribution in [0.25, 0.3) is 17.0 Å². The van der Waals surface area contributed by atoms with Crippen LogP contribution < -0.4 is 0 Å². The van der Waals surface area contributed by atoms with Crippen LogP contribution in [-0.2, 0) is 17.9 Å². The van der Waals surface area contributed by atoms with Gasteiger partial charge in [-0.1, -0.05) is 81.6 Å². The molecule has 1 aliphatic heterocycles. The third kappa shape index (κ3) is 4.56. The molecule has 0 radical (unpaired) electrons. The largest absolute Gasteiger partial charge is 0.342 e. The number of amides is 2. The lowest BCUT2D eigenvalue weighted by Crippen LogP contribution is -2.27. The van der Waals surface area contributed by atoms with Crippen molar-refractivity contribution in [2.45, 2.75) is 13.1 Å². The second-order valence-electron chi connectivity index (χ2n) is 7.82. The molecule has 1 saturated heterocycles. The molecule has 2 heterocycles. The van der Waals surface area contributed by atoms with Crippen molar-refractivity contribution in [3.8, 4) is 0 Å². The number of fused-ring (bicyclic) bond motifs is 1. The van der Waals surface area contributed by atoms with E-state index in [2.05, 4.69) is 20.5 Å². The van der Waals surface area contributed by atoms with Crippen molar-refractivity contribution in [3.63, 3.8) is 0 Å². The Morgan fingerprint density at radius 1 is 0.912 bits per heavy atom. The van der Waals surface area contributed by atoms with Gasteiger partial charge in [-0.3, -0.25) is 14.5 Å². The summed E-state index contributed by atoms with van der Waals surface area (Å²) < 4.78 is 2.95. The zero-order chi connectivity index (χ0) is 23.8. The highest BCUT2D eigenvalue weighted by atomic mass is 79.9. The number of rotatable bonds is 5. The minimum absolute atomic E-state index is 0.222. The fourth-order valence-electron chi connectivity index (χ4n) is 3.93. The van der Waals surface area contributed by atoms with Crippen LogP contribution in [-0.4, -0.2) is 20.6 Å². The Kier molecular flexibility index (Phi) is 6.58. The smallest absolute Gasteiger partial charge is 0.293 e. The van der Waals surface area contributed by atoms with Crippen molar-refractivity contribution >= 4 is 79.0 Å². The summed E-state index contributed by atoms with van der Waals surface area (Å²) in [4.78, 5) is 27.5. The predicted molar refractivity (Wildman–Crippen MR) is 143 cm³/mol. The highest BCUT2D eigenvalue weighted by Crippen LogP contribution is 2.36. The van der Waals surface area contributed by atoms with Gasteiger partial charge in [0.1, 0.15) is 0 Å². The Labute approximate surface area is 219 Å². The van der Waals surface area contributed by atoms with E-state index in [1.165, 1.54) is 4.90 Å². The van der Waals surface area contributed by atoms with Crippen molar-refractivity contribution in [2.24, 2.45) is 0 Å². The average Bonchev–Trinajstić information content (AvgIpc) is 3.29. The summed E-state index contributed by atoms with van der Waals surface area (Å²) in [6.45, 7) is 0.772. The monoisotopic (exact) mass is 570 g/mol. The lowest BCUT2D eigenvalue weighted by Gasteiger charge is -2.13. The van der Waals surface area contributed by atoms with E-state index in [4.69, 9.17) is 23.2 Å². The van der Waals surface area contributed by atoms with Crippen LogP contribution in [0.1, 0.15) is 16.7 Å². The minimum atomic E-state index is -0.289. The van der Waals surface area contributed by atoms with Crippen LogP contribution in [0, 0.1) is 0 Å². The molecule has 0 bridgehead atoms. The number of nitrogens with zero attached hydrogens (tertiary/aromatic N) is 2. The quantitative estimate of drug-likeness (QED) is 0.228. The molecule has 34 heavy (non-hydrogen) atoms. The van der Waals surface area contributed by atoms with Crippen LogP contribution in [0.15, 0.2) is 82.3 Å². The standard InChI is InChI=1S/C26H17BrCl2N2O2S/c27-21-7-3-1-5-16(21)15-31-25(32)24(34-26(31)33)11-18-14-30(23-8-4-2-6-20(18)23)13-17-9-10-19(28)12-22(17)29/h1-12,14H,13,15H2/b24-11+. The van der Waals surface area contributed by atoms with Gasteiger partial charge in [0.15, 0.2) is 0 Å². The maximum Gasteiger partial charge on any atom is 0.293 e. The Balaban J connectivity index is 1.48. The molecule has 170 valence electrons. The van der Waals surface area contributed by atoms with Gasteiger partial charge in [0.05, 0.1) is 11.4 Å². The van der Waals surface area contributed by atoms with Crippen molar-refractivity contribution in [1.82, 2.24) is 9.47 Å². The van der Waals surface area contributed by atoms with Gasteiger partial charge in [0.25, 0.3) is 11.1 Å². The summed E-state index contributed by atoms with van der Waals surface area (Å²) in [5, 5.41) is 1.90. The molecule has 2 amide bonds. The fourth-order valence-corrected chi connectivity index (χ4v) is 5.64. The third-order valence-electron chi connectivity index (χ3n) is 5.62. The molecule has 4 nitrogen and oxygen atoms in total. The number of hydrogen-bond donors (Lipinski definition) is 0. The molecule has 1 aromatic heterocycles. The minimum Gasteiger partial charge on any atom is -0.342 e. The molecule has 3 aromatic carbocycles. The third-order valence-corrected chi connectivity index (χ3v) is 7.89. The maximum atomic E-state index is 13.1. The molecular weight excluding hydrogens is 555 g/mol. The molecule has 0 unspecified atom stereocenters. The second kappa shape index (κ2) is 9.62. The number of imide groups is 1. The van der Waals surface area contributed by atoms with E-state index in [0.29, 0.717) is 21.5 Å². The molecule has 0 saturated carbocycles. The molecule has 5 rings (SSSR count). The van der Waals surface area contributed by atoms with E-state index in [9.17, 15) is 9.59 Å². The van der Waals surface area contributed by atoms with Crippen LogP contribution in [0.5, 0.6) is 0 Å². The lowest BCUT2D eigenvalue weighted by molar-refractivity contribution is -0.123. The highest BCUT2D eigenvalue weighted by Gasteiger charge is 2.35. The highest BCUT2D eigenvalue weighted by molar-refractivity contribution is 9.10. The summed E-state index contributed by atoms with van der Waals surface area (Å²) >= 11 is 16.9. The second-order valence-corrected chi connectivity index (χ2v) is 10.5. The van der Waals surface area contributed by atoms with E-state index in [1.807, 2.05) is 66.9 Å². The summed E-state index contributed by atoms with van der Waals surface area (Å²) in [6.07, 6.45) is 3.78. The zero-order valence-corrected chi connectivity index (χ0v) is 21.6. The molecule has 8 heteroatoms. The normalized spacial score (nSPS) is 15.1. The number of para-hydroxylation sites is 1. The number of hydrogen-bond acceptors (Lipinski definition) is 3. The first kappa shape index (κ1) is 23.2. The van der Waals surface area contributed by atoms with E-state index in [-0.39, 0.29) is 17.7 Å². The molecular formula is C26H17BrCl2N2O2S. The molecule has 0 aliphatic carbocycles. The number of carbonyl (C=O) groups is 2. The summed E-state index contributed by atoms with van der Waals surface area (Å²) in [5.41, 5.74) is 3.69. The summed E-state index contributed by atoms with van der Waals surface area (Å²) in [5.74, 6) is -0.289. The topological polar surface area (TPSA) is 42.3 Å². The first-order chi connectivity index (χ1) is 16.4. The Morgan fingerprint density at radius 2 is 1.68 bits per heavy atom. The molecule has 0 N–H and O–H groups in total. The Bertz CT molecular complexity index is 1480. The number of halogens is 3. The first-order valence-electron chi connectivity index (χ1n) is 10.4. The number of carbonyl (C=O) groups excluding carboxylic acids is 2. The Hall–Kier alpha value is -2.51. The van der Waals surface area contributed by atoms with Gasteiger partial charge in [-0.15, -0.1) is 0 Å². The number of benzene rings is 3. The van der Waals surface area contributed by atoms with Crippen LogP contribution >= 0.6 is 50.9 Å². The van der Waals surface area contributed by atoms with Gasteiger partial charge in [0, 0.05) is 43.7 Å². The van der Waals surface area contributed by atoms with Crippen molar-refractivity contribution in [1.29, 1.82) is 0 Å². The SMILES string of the molecule is O=C1S/C(=C/c2cn(Cc3ccc(Cl)cc3Cl)c3ccccc23)C(=O)N1Cc1ccccc1Br. The zero-order valence-electron chi connectivity index (χ0n) is 17.7. The first-order valence-corrected chi connectivity index (χ1v) is 12.8. The van der Waals surface area contributed by atoms with Gasteiger partial charge in [0.2, 0.25) is 0 Å². The van der Waals surface area contributed by atoms with Crippen molar-refractivity contribution in [3.05, 3.63) is 109 Å². The molecule has 1 fully saturated rings. The van der Waals surface area contributed by atoms with Crippen molar-refractivity contribution < 1.29 is 9.59 Å². The Morgan fingerprint density at radius 3 is 2.47 bits per heavy atom. The van der Waals surface area contributed by atoms with Crippen molar-refractivity contribution in [2.75, 3.05) is 0 Å². The predicted octanol–water partition coefficient (Wildman–Crippen LogP) is 8.00. The van der Waals surface area contributed by atoms with E-state index in [1.54, 1.807) is 12.1 Å². The van der Waals surface area contributed by atoms with Crippen LogP contribution in [0.3, 0.4) is 0 Å².